The zero-order valence-electron chi connectivity index (χ0n) is 19.8. The van der Waals surface area contributed by atoms with Crippen LogP contribution < -0.4 is 9.64 Å². The summed E-state index contributed by atoms with van der Waals surface area (Å²) in [6.07, 6.45) is 6.83. The van der Waals surface area contributed by atoms with Gasteiger partial charge in [0.05, 0.1) is 18.4 Å². The quantitative estimate of drug-likeness (QED) is 0.403. The molecular formula is C24H27N7O4. The Morgan fingerprint density at radius 2 is 2.11 bits per heavy atom. The van der Waals surface area contributed by atoms with E-state index in [4.69, 9.17) is 19.4 Å². The van der Waals surface area contributed by atoms with Gasteiger partial charge in [0, 0.05) is 57.0 Å². The number of methoxy groups -OCH3 is 1. The summed E-state index contributed by atoms with van der Waals surface area (Å²) in [7, 11) is 3.51. The molecule has 2 fully saturated rings. The van der Waals surface area contributed by atoms with Gasteiger partial charge in [0.25, 0.3) is 0 Å². The third kappa shape index (κ3) is 3.75. The number of nitro groups is 1. The average molecular weight is 478 g/mol. The first-order valence-corrected chi connectivity index (χ1v) is 11.9. The maximum Gasteiger partial charge on any atom is 0.311 e. The van der Waals surface area contributed by atoms with Gasteiger partial charge >= 0.3 is 5.69 Å². The zero-order chi connectivity index (χ0) is 24.1. The minimum absolute atomic E-state index is 0.114. The molecule has 182 valence electrons. The minimum Gasteiger partial charge on any atom is -0.490 e. The summed E-state index contributed by atoms with van der Waals surface area (Å²) in [6, 6.07) is 4.88. The van der Waals surface area contributed by atoms with E-state index in [1.165, 1.54) is 18.7 Å². The molecule has 3 aliphatic rings. The lowest BCUT2D eigenvalue weighted by Gasteiger charge is -2.24. The van der Waals surface area contributed by atoms with Crippen molar-refractivity contribution in [2.45, 2.75) is 25.5 Å². The first-order chi connectivity index (χ1) is 17.0. The standard InChI is InChI=1S/C24H27N7O4/c1-28-10-16-12-29(13-17(16)11-28)24-26-21(15-6-7-19(34-2)18(9-15)31(32)33)22-23(27-24)30(14-25-22)20-5-3-4-8-35-20/h6-7,9-10,14,17,20H,3-5,8,11-13H2,1-2H3. The highest BCUT2D eigenvalue weighted by Crippen LogP contribution is 2.37. The fourth-order valence-corrected chi connectivity index (χ4v) is 5.34. The first kappa shape index (κ1) is 21.8. The number of hydrogen-bond donors (Lipinski definition) is 0. The molecule has 5 heterocycles. The van der Waals surface area contributed by atoms with Crippen LogP contribution in [0.3, 0.4) is 0 Å². The van der Waals surface area contributed by atoms with Gasteiger partial charge in [0.15, 0.2) is 11.4 Å². The summed E-state index contributed by atoms with van der Waals surface area (Å²) in [5.74, 6) is 1.26. The largest absolute Gasteiger partial charge is 0.490 e. The summed E-state index contributed by atoms with van der Waals surface area (Å²) >= 11 is 0. The Bertz CT molecular complexity index is 1330. The highest BCUT2D eigenvalue weighted by Gasteiger charge is 2.34. The van der Waals surface area contributed by atoms with Gasteiger partial charge in [-0.15, -0.1) is 0 Å². The molecule has 2 saturated heterocycles. The Labute approximate surface area is 202 Å². The van der Waals surface area contributed by atoms with E-state index in [1.807, 2.05) is 4.57 Å². The molecule has 0 aliphatic carbocycles. The van der Waals surface area contributed by atoms with Crippen molar-refractivity contribution in [3.63, 3.8) is 0 Å². The van der Waals surface area contributed by atoms with Crippen molar-refractivity contribution in [1.29, 1.82) is 0 Å². The van der Waals surface area contributed by atoms with Gasteiger partial charge in [0.1, 0.15) is 17.4 Å². The van der Waals surface area contributed by atoms with Crippen molar-refractivity contribution < 1.29 is 14.4 Å². The molecule has 0 bridgehead atoms. The summed E-state index contributed by atoms with van der Waals surface area (Å²) in [6.45, 7) is 3.28. The van der Waals surface area contributed by atoms with Gasteiger partial charge in [-0.3, -0.25) is 14.7 Å². The lowest BCUT2D eigenvalue weighted by atomic mass is 10.1. The number of benzene rings is 1. The van der Waals surface area contributed by atoms with Crippen molar-refractivity contribution in [3.8, 4) is 17.0 Å². The number of ether oxygens (including phenoxy) is 2. The number of nitro benzene ring substituents is 1. The number of nitrogens with zero attached hydrogens (tertiary/aromatic N) is 7. The second-order valence-electron chi connectivity index (χ2n) is 9.38. The maximum absolute atomic E-state index is 11.7. The van der Waals surface area contributed by atoms with Crippen LogP contribution in [0.15, 0.2) is 36.3 Å². The van der Waals surface area contributed by atoms with Gasteiger partial charge in [-0.05, 0) is 37.0 Å². The number of anilines is 1. The molecule has 11 heteroatoms. The van der Waals surface area contributed by atoms with Crippen LogP contribution in [0.2, 0.25) is 0 Å². The molecule has 3 aliphatic heterocycles. The highest BCUT2D eigenvalue weighted by atomic mass is 16.6. The third-order valence-electron chi connectivity index (χ3n) is 7.04. The molecular weight excluding hydrogens is 450 g/mol. The molecule has 1 aromatic carbocycles. The van der Waals surface area contributed by atoms with Crippen molar-refractivity contribution >= 4 is 22.8 Å². The molecule has 6 rings (SSSR count). The summed E-state index contributed by atoms with van der Waals surface area (Å²) < 4.78 is 13.2. The van der Waals surface area contributed by atoms with Gasteiger partial charge in [0.2, 0.25) is 5.95 Å². The van der Waals surface area contributed by atoms with Crippen molar-refractivity contribution in [3.05, 3.63) is 46.4 Å². The van der Waals surface area contributed by atoms with Gasteiger partial charge in [-0.1, -0.05) is 0 Å². The molecule has 0 saturated carbocycles. The molecule has 0 N–H and O–H groups in total. The Morgan fingerprint density at radius 3 is 2.86 bits per heavy atom. The highest BCUT2D eigenvalue weighted by molar-refractivity contribution is 5.89. The van der Waals surface area contributed by atoms with Crippen LogP contribution in [-0.4, -0.2) is 69.7 Å². The Morgan fingerprint density at radius 1 is 1.23 bits per heavy atom. The van der Waals surface area contributed by atoms with Crippen LogP contribution in [0, 0.1) is 16.0 Å². The van der Waals surface area contributed by atoms with Crippen LogP contribution >= 0.6 is 0 Å². The van der Waals surface area contributed by atoms with E-state index < -0.39 is 4.92 Å². The molecule has 2 unspecified atom stereocenters. The Balaban J connectivity index is 1.49. The summed E-state index contributed by atoms with van der Waals surface area (Å²) in [5.41, 5.74) is 3.70. The van der Waals surface area contributed by atoms with Crippen LogP contribution in [-0.2, 0) is 4.74 Å². The molecule has 3 aromatic rings. The molecule has 0 spiro atoms. The van der Waals surface area contributed by atoms with E-state index in [0.717, 1.165) is 38.9 Å². The van der Waals surface area contributed by atoms with E-state index in [2.05, 4.69) is 28.0 Å². The molecule has 2 aromatic heterocycles. The molecule has 35 heavy (non-hydrogen) atoms. The van der Waals surface area contributed by atoms with Gasteiger partial charge in [-0.25, -0.2) is 9.97 Å². The fraction of sp³-hybridized carbons (Fsp3) is 0.458. The van der Waals surface area contributed by atoms with E-state index in [0.29, 0.717) is 40.9 Å². The normalized spacial score (nSPS) is 21.9. The van der Waals surface area contributed by atoms with Crippen LogP contribution in [0.1, 0.15) is 25.5 Å². The summed E-state index contributed by atoms with van der Waals surface area (Å²) in [4.78, 5) is 30.2. The topological polar surface area (TPSA) is 112 Å². The second kappa shape index (κ2) is 8.49. The fourth-order valence-electron chi connectivity index (χ4n) is 5.34. The predicted octanol–water partition coefficient (Wildman–Crippen LogP) is 3.37. The van der Waals surface area contributed by atoms with Crippen molar-refractivity contribution in [1.82, 2.24) is 24.4 Å². The van der Waals surface area contributed by atoms with Crippen LogP contribution in [0.4, 0.5) is 11.6 Å². The van der Waals surface area contributed by atoms with E-state index in [9.17, 15) is 10.1 Å². The lowest BCUT2D eigenvalue weighted by Crippen LogP contribution is -2.26. The predicted molar refractivity (Wildman–Crippen MR) is 129 cm³/mol. The third-order valence-corrected chi connectivity index (χ3v) is 7.04. The van der Waals surface area contributed by atoms with Crippen molar-refractivity contribution in [2.24, 2.45) is 5.92 Å². The lowest BCUT2D eigenvalue weighted by molar-refractivity contribution is -0.385. The molecule has 2 atom stereocenters. The first-order valence-electron chi connectivity index (χ1n) is 11.9. The van der Waals surface area contributed by atoms with Crippen LogP contribution in [0.5, 0.6) is 5.75 Å². The Kier molecular flexibility index (Phi) is 5.28. The summed E-state index contributed by atoms with van der Waals surface area (Å²) in [5, 5.41) is 11.7. The molecule has 0 amide bonds. The SMILES string of the molecule is COc1ccc(-c2nc(N3CC4=CN(C)CC4C3)nc3c2ncn3C2CCCCO2)cc1[N+](=O)[O-]. The monoisotopic (exact) mass is 477 g/mol. The molecule has 11 nitrogen and oxygen atoms in total. The molecule has 0 radical (unpaired) electrons. The zero-order valence-corrected chi connectivity index (χ0v) is 19.8. The minimum atomic E-state index is -0.444. The smallest absolute Gasteiger partial charge is 0.311 e. The second-order valence-corrected chi connectivity index (χ2v) is 9.38. The van der Waals surface area contributed by atoms with Gasteiger partial charge < -0.3 is 19.3 Å². The number of hydrogen-bond acceptors (Lipinski definition) is 9. The Hall–Kier alpha value is -3.73. The van der Waals surface area contributed by atoms with E-state index in [1.54, 1.807) is 18.5 Å². The van der Waals surface area contributed by atoms with Crippen molar-refractivity contribution in [2.75, 3.05) is 45.3 Å². The number of fused-ring (bicyclic) bond motifs is 2. The average Bonchev–Trinajstić information content (AvgIpc) is 3.56. The van der Waals surface area contributed by atoms with Gasteiger partial charge in [-0.2, -0.15) is 4.98 Å². The number of aromatic nitrogens is 4. The number of rotatable bonds is 5. The van der Waals surface area contributed by atoms with E-state index in [-0.39, 0.29) is 17.7 Å². The number of imidazole rings is 1. The van der Waals surface area contributed by atoms with E-state index >= 15 is 0 Å². The maximum atomic E-state index is 11.7. The van der Waals surface area contributed by atoms with Crippen LogP contribution in [0.25, 0.3) is 22.4 Å².